The number of hydrogen-bond donors (Lipinski definition) is 1. The maximum Gasteiger partial charge on any atom is 0.218 e. The van der Waals surface area contributed by atoms with Crippen LogP contribution in [0.4, 0.5) is 21.6 Å². The monoisotopic (exact) mass is 363 g/mol. The van der Waals surface area contributed by atoms with Gasteiger partial charge in [-0.3, -0.25) is 9.69 Å². The lowest BCUT2D eigenvalue weighted by Gasteiger charge is -2.21. The summed E-state index contributed by atoms with van der Waals surface area (Å²) in [5.41, 5.74) is 3.57. The molecule has 27 heavy (non-hydrogen) atoms. The summed E-state index contributed by atoms with van der Waals surface area (Å²) < 4.78 is 13.1. The Morgan fingerprint density at radius 2 is 1.78 bits per heavy atom. The number of hydrogen-bond acceptors (Lipinski definition) is 3. The van der Waals surface area contributed by atoms with Crippen molar-refractivity contribution >= 4 is 23.6 Å². The summed E-state index contributed by atoms with van der Waals surface area (Å²) in [5.74, 6) is 0.742. The summed E-state index contributed by atoms with van der Waals surface area (Å²) in [4.78, 5) is 17.7. The first kappa shape index (κ1) is 18.6. The van der Waals surface area contributed by atoms with Crippen molar-refractivity contribution in [1.29, 1.82) is 0 Å². The zero-order valence-electron chi connectivity index (χ0n) is 15.4. The second kappa shape index (κ2) is 8.45. The van der Waals surface area contributed by atoms with Gasteiger partial charge in [-0.05, 0) is 53.4 Å². The molecule has 0 atom stereocenters. The molecule has 0 spiro atoms. The van der Waals surface area contributed by atoms with Crippen LogP contribution < -0.4 is 10.2 Å². The number of halogens is 1. The normalized spacial score (nSPS) is 10.7. The SMILES string of the molecule is CC(C)c1ccc(N(C=O)c2cccnc2NCc2ccc(F)cc2)cc1. The molecule has 0 bridgehead atoms. The smallest absolute Gasteiger partial charge is 0.218 e. The summed E-state index contributed by atoms with van der Waals surface area (Å²) in [6, 6.07) is 17.8. The number of anilines is 3. The number of carbonyl (C=O) groups is 1. The van der Waals surface area contributed by atoms with Gasteiger partial charge < -0.3 is 5.32 Å². The predicted octanol–water partition coefficient (Wildman–Crippen LogP) is 5.25. The standard InChI is InChI=1S/C22H22FN3O/c1-16(2)18-7-11-20(12-8-18)26(15-27)21-4-3-13-24-22(21)25-14-17-5-9-19(23)10-6-17/h3-13,15-16H,14H2,1-2H3,(H,24,25). The third-order valence-electron chi connectivity index (χ3n) is 4.36. The van der Waals surface area contributed by atoms with Crippen LogP contribution in [0.3, 0.4) is 0 Å². The Morgan fingerprint density at radius 1 is 1.07 bits per heavy atom. The molecule has 1 aromatic heterocycles. The van der Waals surface area contributed by atoms with Gasteiger partial charge in [-0.15, -0.1) is 0 Å². The van der Waals surface area contributed by atoms with E-state index in [9.17, 15) is 9.18 Å². The third-order valence-corrected chi connectivity index (χ3v) is 4.36. The number of amides is 1. The average Bonchev–Trinajstić information content (AvgIpc) is 2.69. The molecule has 5 heteroatoms. The fourth-order valence-electron chi connectivity index (χ4n) is 2.79. The van der Waals surface area contributed by atoms with Gasteiger partial charge in [-0.1, -0.05) is 38.1 Å². The van der Waals surface area contributed by atoms with Crippen molar-refractivity contribution in [2.24, 2.45) is 0 Å². The van der Waals surface area contributed by atoms with Crippen molar-refractivity contribution < 1.29 is 9.18 Å². The van der Waals surface area contributed by atoms with E-state index in [0.717, 1.165) is 17.7 Å². The van der Waals surface area contributed by atoms with Crippen molar-refractivity contribution in [3.8, 4) is 0 Å². The van der Waals surface area contributed by atoms with Crippen LogP contribution >= 0.6 is 0 Å². The van der Waals surface area contributed by atoms with Crippen LogP contribution in [0.2, 0.25) is 0 Å². The van der Waals surface area contributed by atoms with Crippen LogP contribution in [-0.2, 0) is 11.3 Å². The van der Waals surface area contributed by atoms with E-state index in [1.165, 1.54) is 17.7 Å². The van der Waals surface area contributed by atoms with Gasteiger partial charge in [0.2, 0.25) is 6.41 Å². The summed E-state index contributed by atoms with van der Waals surface area (Å²) in [7, 11) is 0. The summed E-state index contributed by atoms with van der Waals surface area (Å²) >= 11 is 0. The quantitative estimate of drug-likeness (QED) is 0.583. The molecule has 0 unspecified atom stereocenters. The number of nitrogens with zero attached hydrogens (tertiary/aromatic N) is 2. The van der Waals surface area contributed by atoms with Gasteiger partial charge in [0, 0.05) is 18.4 Å². The molecule has 0 saturated carbocycles. The lowest BCUT2D eigenvalue weighted by atomic mass is 10.0. The lowest BCUT2D eigenvalue weighted by molar-refractivity contribution is -0.106. The predicted molar refractivity (Wildman–Crippen MR) is 107 cm³/mol. The van der Waals surface area contributed by atoms with E-state index in [-0.39, 0.29) is 5.82 Å². The number of carbonyl (C=O) groups excluding carboxylic acids is 1. The summed E-state index contributed by atoms with van der Waals surface area (Å²) in [5, 5.41) is 3.23. The first-order chi connectivity index (χ1) is 13.1. The molecule has 138 valence electrons. The van der Waals surface area contributed by atoms with E-state index >= 15 is 0 Å². The molecule has 0 aliphatic heterocycles. The Kier molecular flexibility index (Phi) is 5.81. The van der Waals surface area contributed by atoms with Crippen LogP contribution in [0, 0.1) is 5.82 Å². The summed E-state index contributed by atoms with van der Waals surface area (Å²) in [6.45, 7) is 4.74. The van der Waals surface area contributed by atoms with E-state index in [1.807, 2.05) is 30.3 Å². The largest absolute Gasteiger partial charge is 0.364 e. The first-order valence-corrected chi connectivity index (χ1v) is 8.86. The van der Waals surface area contributed by atoms with E-state index in [1.54, 1.807) is 29.3 Å². The van der Waals surface area contributed by atoms with Crippen LogP contribution in [0.15, 0.2) is 66.9 Å². The first-order valence-electron chi connectivity index (χ1n) is 8.86. The Bertz CT molecular complexity index is 892. The maximum atomic E-state index is 13.1. The van der Waals surface area contributed by atoms with Crippen molar-refractivity contribution in [3.63, 3.8) is 0 Å². The molecule has 4 nitrogen and oxygen atoms in total. The Hall–Kier alpha value is -3.21. The highest BCUT2D eigenvalue weighted by atomic mass is 19.1. The van der Waals surface area contributed by atoms with Gasteiger partial charge in [0.1, 0.15) is 5.82 Å². The Labute approximate surface area is 158 Å². The van der Waals surface area contributed by atoms with Crippen LogP contribution in [-0.4, -0.2) is 11.4 Å². The van der Waals surface area contributed by atoms with Crippen LogP contribution in [0.5, 0.6) is 0 Å². The molecule has 0 radical (unpaired) electrons. The van der Waals surface area contributed by atoms with Crippen molar-refractivity contribution in [2.45, 2.75) is 26.3 Å². The molecular weight excluding hydrogens is 341 g/mol. The van der Waals surface area contributed by atoms with Gasteiger partial charge >= 0.3 is 0 Å². The fourth-order valence-corrected chi connectivity index (χ4v) is 2.79. The van der Waals surface area contributed by atoms with E-state index in [4.69, 9.17) is 0 Å². The number of rotatable bonds is 7. The second-order valence-electron chi connectivity index (χ2n) is 6.57. The third kappa shape index (κ3) is 4.50. The molecule has 0 saturated heterocycles. The van der Waals surface area contributed by atoms with Crippen LogP contribution in [0.25, 0.3) is 0 Å². The molecule has 3 aromatic rings. The highest BCUT2D eigenvalue weighted by Crippen LogP contribution is 2.30. The minimum Gasteiger partial charge on any atom is -0.364 e. The average molecular weight is 363 g/mol. The van der Waals surface area contributed by atoms with Crippen molar-refractivity contribution in [2.75, 3.05) is 10.2 Å². The molecule has 0 aliphatic carbocycles. The molecule has 1 amide bonds. The second-order valence-corrected chi connectivity index (χ2v) is 6.57. The molecule has 2 aromatic carbocycles. The molecule has 3 rings (SSSR count). The van der Waals surface area contributed by atoms with E-state index in [0.29, 0.717) is 24.0 Å². The van der Waals surface area contributed by atoms with Gasteiger partial charge in [-0.2, -0.15) is 0 Å². The maximum absolute atomic E-state index is 13.1. The minimum absolute atomic E-state index is 0.269. The molecule has 0 aliphatic rings. The molecule has 1 N–H and O–H groups in total. The zero-order chi connectivity index (χ0) is 19.2. The molecule has 0 fully saturated rings. The lowest BCUT2D eigenvalue weighted by Crippen LogP contribution is -2.17. The minimum atomic E-state index is -0.269. The zero-order valence-corrected chi connectivity index (χ0v) is 15.4. The summed E-state index contributed by atoms with van der Waals surface area (Å²) in [6.07, 6.45) is 2.45. The number of pyridine rings is 1. The van der Waals surface area contributed by atoms with Gasteiger partial charge in [-0.25, -0.2) is 9.37 Å². The van der Waals surface area contributed by atoms with Crippen molar-refractivity contribution in [1.82, 2.24) is 4.98 Å². The topological polar surface area (TPSA) is 45.2 Å². The van der Waals surface area contributed by atoms with E-state index in [2.05, 4.69) is 24.1 Å². The van der Waals surface area contributed by atoms with Gasteiger partial charge in [0.25, 0.3) is 0 Å². The highest BCUT2D eigenvalue weighted by molar-refractivity contribution is 5.90. The number of nitrogens with one attached hydrogen (secondary N) is 1. The molecular formula is C22H22FN3O. The van der Waals surface area contributed by atoms with Gasteiger partial charge in [0.15, 0.2) is 5.82 Å². The Balaban J connectivity index is 1.84. The van der Waals surface area contributed by atoms with Gasteiger partial charge in [0.05, 0.1) is 5.69 Å². The molecule has 1 heterocycles. The van der Waals surface area contributed by atoms with E-state index < -0.39 is 0 Å². The number of aromatic nitrogens is 1. The Morgan fingerprint density at radius 3 is 2.41 bits per heavy atom. The van der Waals surface area contributed by atoms with Crippen LogP contribution in [0.1, 0.15) is 30.9 Å². The fraction of sp³-hybridized carbons (Fsp3) is 0.182. The van der Waals surface area contributed by atoms with Crippen molar-refractivity contribution in [3.05, 3.63) is 83.8 Å². The number of benzene rings is 2. The highest BCUT2D eigenvalue weighted by Gasteiger charge is 2.14.